The molecule has 0 amide bonds. The number of halogens is 3. The van der Waals surface area contributed by atoms with Crippen molar-refractivity contribution in [1.29, 1.82) is 0 Å². The predicted octanol–water partition coefficient (Wildman–Crippen LogP) is 4.65. The number of hydrogen-bond donors (Lipinski definition) is 0. The number of esters is 1. The second-order valence-corrected chi connectivity index (χ2v) is 5.48. The molecule has 2 aromatic carbocycles. The first-order valence-corrected chi connectivity index (χ1v) is 8.12. The van der Waals surface area contributed by atoms with Crippen molar-refractivity contribution >= 4 is 17.8 Å². The monoisotopic (exact) mass is 378 g/mol. The third-order valence-corrected chi connectivity index (χ3v) is 3.48. The number of alkyl halides is 2. The van der Waals surface area contributed by atoms with Gasteiger partial charge in [0.2, 0.25) is 0 Å². The van der Waals surface area contributed by atoms with Gasteiger partial charge in [0.05, 0.1) is 6.61 Å². The van der Waals surface area contributed by atoms with Crippen LogP contribution in [0.3, 0.4) is 0 Å². The van der Waals surface area contributed by atoms with Gasteiger partial charge >= 0.3 is 12.6 Å². The van der Waals surface area contributed by atoms with Gasteiger partial charge < -0.3 is 9.47 Å². The molecule has 4 nitrogen and oxygen atoms in total. The number of hydrogen-bond acceptors (Lipinski definition) is 4. The van der Waals surface area contributed by atoms with Crippen molar-refractivity contribution in [2.24, 2.45) is 0 Å². The molecule has 0 aliphatic heterocycles. The zero-order valence-corrected chi connectivity index (χ0v) is 14.2. The van der Waals surface area contributed by atoms with Crippen molar-refractivity contribution in [3.8, 4) is 5.75 Å². The minimum atomic E-state index is -2.89. The summed E-state index contributed by atoms with van der Waals surface area (Å²) in [6.07, 6.45) is 3.19. The minimum Gasteiger partial charge on any atom is -0.463 e. The van der Waals surface area contributed by atoms with E-state index in [-0.39, 0.29) is 24.6 Å². The molecule has 0 unspecified atom stereocenters. The summed E-state index contributed by atoms with van der Waals surface area (Å²) in [7, 11) is 0. The molecule has 0 aliphatic carbocycles. The number of ether oxygens (including phenoxy) is 2. The van der Waals surface area contributed by atoms with E-state index < -0.39 is 18.4 Å². The number of Topliss-reactive ketones (excluding diaryl/α,β-unsaturated/α-hetero) is 1. The van der Waals surface area contributed by atoms with Crippen LogP contribution in [-0.2, 0) is 9.53 Å². The van der Waals surface area contributed by atoms with Gasteiger partial charge in [-0.3, -0.25) is 4.79 Å². The van der Waals surface area contributed by atoms with Crippen molar-refractivity contribution in [3.63, 3.8) is 0 Å². The van der Waals surface area contributed by atoms with Gasteiger partial charge in [0.1, 0.15) is 11.6 Å². The van der Waals surface area contributed by atoms with Crippen molar-refractivity contribution in [2.45, 2.75) is 19.5 Å². The Kier molecular flexibility index (Phi) is 7.61. The number of rotatable bonds is 9. The molecule has 142 valence electrons. The second kappa shape index (κ2) is 10.2. The fourth-order valence-electron chi connectivity index (χ4n) is 2.16. The van der Waals surface area contributed by atoms with E-state index >= 15 is 0 Å². The van der Waals surface area contributed by atoms with Crippen LogP contribution in [0.25, 0.3) is 6.08 Å². The van der Waals surface area contributed by atoms with Gasteiger partial charge in [-0.15, -0.1) is 0 Å². The molecule has 0 spiro atoms. The lowest BCUT2D eigenvalue weighted by Gasteiger charge is -2.04. The lowest BCUT2D eigenvalue weighted by Crippen LogP contribution is -2.05. The molecule has 0 radical (unpaired) electrons. The molecule has 0 aliphatic rings. The number of carbonyl (C=O) groups is 2. The van der Waals surface area contributed by atoms with Crippen molar-refractivity contribution in [1.82, 2.24) is 0 Å². The van der Waals surface area contributed by atoms with Gasteiger partial charge in [0.15, 0.2) is 5.78 Å². The number of carbonyl (C=O) groups excluding carboxylic acids is 2. The highest BCUT2D eigenvalue weighted by atomic mass is 19.3. The van der Waals surface area contributed by atoms with Crippen LogP contribution in [-0.4, -0.2) is 25.0 Å². The van der Waals surface area contributed by atoms with Crippen LogP contribution < -0.4 is 4.74 Å². The lowest BCUT2D eigenvalue weighted by molar-refractivity contribution is -0.137. The molecule has 0 fully saturated rings. The average Bonchev–Trinajstić information content (AvgIpc) is 2.64. The number of ketones is 1. The number of benzene rings is 2. The molecule has 0 saturated carbocycles. The first kappa shape index (κ1) is 20.2. The van der Waals surface area contributed by atoms with E-state index in [0.717, 1.165) is 0 Å². The van der Waals surface area contributed by atoms with Crippen LogP contribution in [0, 0.1) is 5.82 Å². The summed E-state index contributed by atoms with van der Waals surface area (Å²) in [6, 6.07) is 11.0. The Balaban J connectivity index is 1.70. The third-order valence-electron chi connectivity index (χ3n) is 3.48. The molecular formula is C20H17F3O4. The summed E-state index contributed by atoms with van der Waals surface area (Å²) >= 11 is 0. The summed E-state index contributed by atoms with van der Waals surface area (Å²) in [5.41, 5.74) is 1.02. The van der Waals surface area contributed by atoms with E-state index in [0.29, 0.717) is 17.5 Å². The van der Waals surface area contributed by atoms with Gasteiger partial charge in [0, 0.05) is 18.1 Å². The summed E-state index contributed by atoms with van der Waals surface area (Å²) in [4.78, 5) is 23.5. The van der Waals surface area contributed by atoms with Crippen LogP contribution in [0.15, 0.2) is 54.6 Å². The van der Waals surface area contributed by atoms with Crippen LogP contribution >= 0.6 is 0 Å². The normalized spacial score (nSPS) is 11.0. The zero-order chi connectivity index (χ0) is 19.6. The highest BCUT2D eigenvalue weighted by Gasteiger charge is 2.07. The Hall–Kier alpha value is -3.09. The Morgan fingerprint density at radius 1 is 1.00 bits per heavy atom. The standard InChI is InChI=1S/C20H17F3O4/c21-16-8-6-15(7-9-16)18(24)2-1-13-26-19(25)12-5-14-3-10-17(11-4-14)27-20(22)23/h3-12,20H,1-2,13H2/b12-5+. The lowest BCUT2D eigenvalue weighted by atomic mass is 10.1. The van der Waals surface area contributed by atoms with Gasteiger partial charge in [-0.05, 0) is 54.5 Å². The molecule has 27 heavy (non-hydrogen) atoms. The maximum absolute atomic E-state index is 12.8. The molecule has 0 aromatic heterocycles. The topological polar surface area (TPSA) is 52.6 Å². The van der Waals surface area contributed by atoms with Crippen LogP contribution in [0.1, 0.15) is 28.8 Å². The molecule has 0 heterocycles. The van der Waals surface area contributed by atoms with Gasteiger partial charge in [-0.25, -0.2) is 9.18 Å². The van der Waals surface area contributed by atoms with E-state index in [2.05, 4.69) is 4.74 Å². The van der Waals surface area contributed by atoms with Gasteiger partial charge in [0.25, 0.3) is 0 Å². The first-order valence-electron chi connectivity index (χ1n) is 8.12. The summed E-state index contributed by atoms with van der Waals surface area (Å²) in [6.45, 7) is -2.83. The fraction of sp³-hybridized carbons (Fsp3) is 0.200. The summed E-state index contributed by atoms with van der Waals surface area (Å²) < 4.78 is 46.1. The molecule has 2 rings (SSSR count). The van der Waals surface area contributed by atoms with Gasteiger partial charge in [-0.2, -0.15) is 8.78 Å². The van der Waals surface area contributed by atoms with E-state index in [1.165, 1.54) is 60.7 Å². The van der Waals surface area contributed by atoms with E-state index in [9.17, 15) is 22.8 Å². The minimum absolute atomic E-state index is 0.0237. The summed E-state index contributed by atoms with van der Waals surface area (Å²) in [5.74, 6) is -1.14. The Labute approximate surface area is 154 Å². The average molecular weight is 378 g/mol. The van der Waals surface area contributed by atoms with E-state index in [1.54, 1.807) is 0 Å². The molecule has 0 atom stereocenters. The van der Waals surface area contributed by atoms with Gasteiger partial charge in [-0.1, -0.05) is 12.1 Å². The molecule has 2 aromatic rings. The molecule has 0 N–H and O–H groups in total. The molecule has 7 heteroatoms. The highest BCUT2D eigenvalue weighted by molar-refractivity contribution is 5.96. The highest BCUT2D eigenvalue weighted by Crippen LogP contribution is 2.15. The quantitative estimate of drug-likeness (QED) is 0.276. The van der Waals surface area contributed by atoms with Crippen LogP contribution in [0.5, 0.6) is 5.75 Å². The fourth-order valence-corrected chi connectivity index (χ4v) is 2.16. The second-order valence-electron chi connectivity index (χ2n) is 5.48. The SMILES string of the molecule is O=C(/C=C/c1ccc(OC(F)F)cc1)OCCCC(=O)c1ccc(F)cc1. The Morgan fingerprint density at radius 3 is 2.30 bits per heavy atom. The Morgan fingerprint density at radius 2 is 1.67 bits per heavy atom. The van der Waals surface area contributed by atoms with Crippen molar-refractivity contribution in [2.75, 3.05) is 6.61 Å². The zero-order valence-electron chi connectivity index (χ0n) is 14.2. The largest absolute Gasteiger partial charge is 0.463 e. The first-order chi connectivity index (χ1) is 12.9. The molecule has 0 saturated heterocycles. The van der Waals surface area contributed by atoms with Crippen LogP contribution in [0.2, 0.25) is 0 Å². The summed E-state index contributed by atoms with van der Waals surface area (Å²) in [5, 5.41) is 0. The maximum Gasteiger partial charge on any atom is 0.387 e. The predicted molar refractivity (Wildman–Crippen MR) is 93.0 cm³/mol. The van der Waals surface area contributed by atoms with E-state index in [1.807, 2.05) is 0 Å². The smallest absolute Gasteiger partial charge is 0.387 e. The van der Waals surface area contributed by atoms with Crippen molar-refractivity contribution < 1.29 is 32.2 Å². The molecular weight excluding hydrogens is 361 g/mol. The van der Waals surface area contributed by atoms with Crippen LogP contribution in [0.4, 0.5) is 13.2 Å². The Bertz CT molecular complexity index is 784. The maximum atomic E-state index is 12.8. The third kappa shape index (κ3) is 7.35. The van der Waals surface area contributed by atoms with E-state index in [4.69, 9.17) is 4.74 Å². The van der Waals surface area contributed by atoms with Crippen molar-refractivity contribution in [3.05, 3.63) is 71.6 Å². The molecule has 0 bridgehead atoms.